The summed E-state index contributed by atoms with van der Waals surface area (Å²) in [6, 6.07) is 10.4. The molecule has 1 fully saturated rings. The van der Waals surface area contributed by atoms with E-state index < -0.39 is 11.0 Å². The molecule has 0 N–H and O–H groups in total. The van der Waals surface area contributed by atoms with Crippen LogP contribution in [-0.4, -0.2) is 34.7 Å². The van der Waals surface area contributed by atoms with E-state index in [-0.39, 0.29) is 5.82 Å². The summed E-state index contributed by atoms with van der Waals surface area (Å²) in [5.41, 5.74) is 1.01. The number of rotatable bonds is 3. The Morgan fingerprint density at radius 1 is 1.04 bits per heavy atom. The first-order valence-corrected chi connectivity index (χ1v) is 10.3. The number of hydrogen-bond acceptors (Lipinski definition) is 3. The van der Waals surface area contributed by atoms with Crippen molar-refractivity contribution in [1.29, 1.82) is 0 Å². The van der Waals surface area contributed by atoms with Gasteiger partial charge in [-0.05, 0) is 52.3 Å². The fourth-order valence-electron chi connectivity index (χ4n) is 2.28. The number of benzene rings is 1. The maximum absolute atomic E-state index is 12.9. The molecule has 1 atom stereocenters. The molecule has 1 unspecified atom stereocenters. The van der Waals surface area contributed by atoms with E-state index in [0.29, 0.717) is 0 Å². The number of thiophene rings is 1. The van der Waals surface area contributed by atoms with E-state index in [4.69, 9.17) is 0 Å². The van der Waals surface area contributed by atoms with Gasteiger partial charge in [-0.15, -0.1) is 11.3 Å². The second-order valence-electron chi connectivity index (χ2n) is 4.70. The third kappa shape index (κ3) is 4.86. The lowest BCUT2D eigenvalue weighted by Crippen LogP contribution is -2.46. The molecule has 0 radical (unpaired) electrons. The van der Waals surface area contributed by atoms with Crippen LogP contribution in [0.25, 0.3) is 0 Å². The van der Waals surface area contributed by atoms with Gasteiger partial charge >= 0.3 is 0 Å². The summed E-state index contributed by atoms with van der Waals surface area (Å²) in [5.74, 6) is -0.221. The number of nitrogens with zero attached hydrogens (tertiary/aromatic N) is 2. The second kappa shape index (κ2) is 8.92. The van der Waals surface area contributed by atoms with Crippen LogP contribution in [0.1, 0.15) is 13.8 Å². The van der Waals surface area contributed by atoms with Crippen molar-refractivity contribution in [2.45, 2.75) is 18.1 Å². The van der Waals surface area contributed by atoms with Crippen LogP contribution in [0.4, 0.5) is 10.1 Å². The van der Waals surface area contributed by atoms with E-state index in [9.17, 15) is 8.60 Å². The predicted octanol–water partition coefficient (Wildman–Crippen LogP) is 4.52. The first-order chi connectivity index (χ1) is 11.1. The van der Waals surface area contributed by atoms with E-state index in [1.165, 1.54) is 23.5 Å². The molecule has 0 spiro atoms. The maximum Gasteiger partial charge on any atom is 0.138 e. The third-order valence-electron chi connectivity index (χ3n) is 3.39. The summed E-state index contributed by atoms with van der Waals surface area (Å²) in [6.07, 6.45) is 0. The first-order valence-electron chi connectivity index (χ1n) is 7.56. The molecular weight excluding hydrogens is 399 g/mol. The highest BCUT2D eigenvalue weighted by Crippen LogP contribution is 2.27. The fraction of sp³-hybridized carbons (Fsp3) is 0.375. The van der Waals surface area contributed by atoms with E-state index in [1.54, 1.807) is 12.1 Å². The molecule has 2 heterocycles. The van der Waals surface area contributed by atoms with E-state index in [0.717, 1.165) is 39.9 Å². The van der Waals surface area contributed by atoms with Crippen molar-refractivity contribution in [2.24, 2.45) is 0 Å². The van der Waals surface area contributed by atoms with Crippen molar-refractivity contribution in [3.05, 3.63) is 46.0 Å². The Balaban J connectivity index is 0.000000924. The zero-order valence-corrected chi connectivity index (χ0v) is 16.4. The Labute approximate surface area is 151 Å². The van der Waals surface area contributed by atoms with Gasteiger partial charge in [0.05, 0.1) is 3.79 Å². The lowest BCUT2D eigenvalue weighted by Gasteiger charge is -2.34. The van der Waals surface area contributed by atoms with E-state index >= 15 is 0 Å². The van der Waals surface area contributed by atoms with Crippen molar-refractivity contribution in [1.82, 2.24) is 4.31 Å². The molecule has 0 amide bonds. The summed E-state index contributed by atoms with van der Waals surface area (Å²) in [6.45, 7) is 7.06. The lowest BCUT2D eigenvalue weighted by atomic mass is 10.2. The zero-order valence-electron chi connectivity index (χ0n) is 13.2. The van der Waals surface area contributed by atoms with Crippen LogP contribution in [0.5, 0.6) is 0 Å². The largest absolute Gasteiger partial charge is 0.369 e. The molecule has 0 bridgehead atoms. The Bertz CT molecular complexity index is 640. The van der Waals surface area contributed by atoms with Crippen LogP contribution < -0.4 is 4.90 Å². The number of piperazine rings is 1. The minimum Gasteiger partial charge on any atom is -0.369 e. The molecule has 1 saturated heterocycles. The second-order valence-corrected chi connectivity index (χ2v) is 8.88. The monoisotopic (exact) mass is 418 g/mol. The van der Waals surface area contributed by atoms with Gasteiger partial charge in [-0.1, -0.05) is 13.8 Å². The van der Waals surface area contributed by atoms with Crippen molar-refractivity contribution >= 4 is 43.9 Å². The molecule has 1 aliphatic rings. The number of hydrogen-bond donors (Lipinski definition) is 0. The molecule has 23 heavy (non-hydrogen) atoms. The quantitative estimate of drug-likeness (QED) is 0.731. The highest BCUT2D eigenvalue weighted by Gasteiger charge is 2.23. The van der Waals surface area contributed by atoms with Gasteiger partial charge in [0.25, 0.3) is 0 Å². The summed E-state index contributed by atoms with van der Waals surface area (Å²) in [5, 5.41) is 0. The van der Waals surface area contributed by atoms with E-state index in [1.807, 2.05) is 30.3 Å². The van der Waals surface area contributed by atoms with Crippen LogP contribution in [0.3, 0.4) is 0 Å². The molecule has 3 nitrogen and oxygen atoms in total. The molecule has 7 heteroatoms. The summed E-state index contributed by atoms with van der Waals surface area (Å²) < 4.78 is 29.3. The first kappa shape index (κ1) is 18.6. The van der Waals surface area contributed by atoms with Gasteiger partial charge < -0.3 is 4.90 Å². The van der Waals surface area contributed by atoms with Gasteiger partial charge in [0.1, 0.15) is 21.0 Å². The van der Waals surface area contributed by atoms with Gasteiger partial charge in [-0.2, -0.15) is 0 Å². The minimum atomic E-state index is -1.09. The summed E-state index contributed by atoms with van der Waals surface area (Å²) in [7, 11) is -1.09. The molecule has 0 aliphatic carbocycles. The molecule has 126 valence electrons. The van der Waals surface area contributed by atoms with Gasteiger partial charge in [-0.3, -0.25) is 0 Å². The number of halogens is 2. The van der Waals surface area contributed by atoms with Crippen molar-refractivity contribution in [2.75, 3.05) is 31.1 Å². The Morgan fingerprint density at radius 3 is 2.17 bits per heavy atom. The Morgan fingerprint density at radius 2 is 1.65 bits per heavy atom. The lowest BCUT2D eigenvalue weighted by molar-refractivity contribution is 0.411. The van der Waals surface area contributed by atoms with Crippen LogP contribution in [-0.2, 0) is 11.0 Å². The number of anilines is 1. The molecule has 1 aromatic heterocycles. The molecule has 0 saturated carbocycles. The van der Waals surface area contributed by atoms with E-state index in [2.05, 4.69) is 20.8 Å². The smallest absolute Gasteiger partial charge is 0.138 e. The molecule has 1 aromatic carbocycles. The van der Waals surface area contributed by atoms with Gasteiger partial charge in [0.15, 0.2) is 0 Å². The Kier molecular flexibility index (Phi) is 7.20. The SMILES string of the molecule is CC.O=S(c1ccc(Br)s1)N1CCN(c2ccc(F)cc2)CC1. The van der Waals surface area contributed by atoms with Gasteiger partial charge in [0.2, 0.25) is 0 Å². The molecule has 2 aromatic rings. The molecule has 1 aliphatic heterocycles. The molecule has 3 rings (SSSR count). The van der Waals surface area contributed by atoms with Crippen molar-refractivity contribution in [3.63, 3.8) is 0 Å². The van der Waals surface area contributed by atoms with Gasteiger partial charge in [0, 0.05) is 31.9 Å². The minimum absolute atomic E-state index is 0.221. The highest BCUT2D eigenvalue weighted by molar-refractivity contribution is 9.11. The zero-order chi connectivity index (χ0) is 16.8. The van der Waals surface area contributed by atoms with Crippen molar-refractivity contribution in [3.8, 4) is 0 Å². The average Bonchev–Trinajstić information content (AvgIpc) is 3.03. The standard InChI is InChI=1S/C14H14BrFN2OS2.C2H6/c15-13-5-6-14(20-13)21(19)18-9-7-17(8-10-18)12-3-1-11(16)2-4-12;1-2/h1-6H,7-10H2;1-2H3. The van der Waals surface area contributed by atoms with Crippen LogP contribution in [0, 0.1) is 5.82 Å². The van der Waals surface area contributed by atoms with Crippen LogP contribution in [0.2, 0.25) is 0 Å². The molecular formula is C16H20BrFN2OS2. The fourth-order valence-corrected chi connectivity index (χ4v) is 5.53. The third-order valence-corrected chi connectivity index (χ3v) is 6.80. The van der Waals surface area contributed by atoms with Crippen LogP contribution in [0.15, 0.2) is 44.4 Å². The van der Waals surface area contributed by atoms with Crippen LogP contribution >= 0.6 is 27.3 Å². The normalized spacial score (nSPS) is 16.6. The Hall–Kier alpha value is -0.760. The van der Waals surface area contributed by atoms with Crippen molar-refractivity contribution < 1.29 is 8.60 Å². The topological polar surface area (TPSA) is 23.6 Å². The highest BCUT2D eigenvalue weighted by atomic mass is 79.9. The maximum atomic E-state index is 12.9. The van der Waals surface area contributed by atoms with Gasteiger partial charge in [-0.25, -0.2) is 12.9 Å². The average molecular weight is 419 g/mol. The predicted molar refractivity (Wildman–Crippen MR) is 100.0 cm³/mol. The summed E-state index contributed by atoms with van der Waals surface area (Å²) in [4.78, 5) is 2.19. The summed E-state index contributed by atoms with van der Waals surface area (Å²) >= 11 is 4.90.